The molecule has 0 spiro atoms. The lowest BCUT2D eigenvalue weighted by atomic mass is 9.33. The van der Waals surface area contributed by atoms with Gasteiger partial charge >= 0.3 is 17.9 Å². The van der Waals surface area contributed by atoms with Gasteiger partial charge in [0.1, 0.15) is 86.0 Å². The average Bonchev–Trinajstić information content (AvgIpc) is 1.69. The van der Waals surface area contributed by atoms with Crippen molar-refractivity contribution in [2.24, 2.45) is 50.2 Å². The molecule has 0 aromatic rings. The number of allylic oxidation sites excluding steroid dienone is 3. The van der Waals surface area contributed by atoms with Crippen LogP contribution in [-0.2, 0) is 52.3 Å². The van der Waals surface area contributed by atoms with E-state index in [4.69, 9.17) is 37.9 Å². The van der Waals surface area contributed by atoms with Crippen LogP contribution in [0.1, 0.15) is 107 Å². The molecule has 8 aliphatic rings. The Kier molecular flexibility index (Phi) is 17.8. The van der Waals surface area contributed by atoms with Gasteiger partial charge in [-0.05, 0) is 92.8 Å². The minimum Gasteiger partial charge on any atom is -0.479 e. The van der Waals surface area contributed by atoms with Gasteiger partial charge in [0, 0.05) is 23.3 Å². The van der Waals surface area contributed by atoms with Crippen LogP contribution in [0.2, 0.25) is 0 Å². The van der Waals surface area contributed by atoms with Crippen molar-refractivity contribution in [1.29, 1.82) is 0 Å². The number of aliphatic carboxylic acids is 1. The van der Waals surface area contributed by atoms with E-state index in [0.717, 1.165) is 5.57 Å². The molecular weight excluding hydrogens is 1040 g/mol. The molecule has 3 aliphatic heterocycles. The first-order chi connectivity index (χ1) is 36.9. The van der Waals surface area contributed by atoms with Crippen molar-refractivity contribution >= 4 is 17.9 Å². The first-order valence-corrected chi connectivity index (χ1v) is 27.7. The summed E-state index contributed by atoms with van der Waals surface area (Å²) in [6, 6.07) is 0. The summed E-state index contributed by atoms with van der Waals surface area (Å²) < 4.78 is 47.7. The van der Waals surface area contributed by atoms with Gasteiger partial charge in [0.05, 0.1) is 37.4 Å². The standard InChI is InChI=1S/C55H86O24/c1-10-23(2)46(71)79-44-43(68)55(22-72-24(3)59)26(17-50(44,4)5)25-11-12-30-51(6)15-14-32(52(7,21-58)29(51)13-16-53(30,8)54(25,9)18-31(55)60)75-49-41(77-48-38(66)36(64)34(62)28(20-57)74-48)39(67)40(42(78-49)45(69)70)76-47-37(65)35(63)33(61)27(19-56)73-47/h10-11,26-44,47-49,56-58,60-68H,12-22H2,1-9H3,(H,69,70)/b23-10+/t26?,27-,28-,29?,30?,31+,32+,33-,34-,35+,36+,37-,38-,39+,40+,41-,42+,43-,44+,47-,48-,49-,51?,52-,53?,54+,55+/m1/s1. The molecule has 3 heterocycles. The lowest BCUT2D eigenvalue weighted by Gasteiger charge is -2.72. The van der Waals surface area contributed by atoms with E-state index >= 15 is 0 Å². The smallest absolute Gasteiger partial charge is 0.335 e. The summed E-state index contributed by atoms with van der Waals surface area (Å²) in [5.74, 6) is -3.82. The Morgan fingerprint density at radius 1 is 0.696 bits per heavy atom. The fraction of sp³-hybridized carbons (Fsp3) is 0.873. The van der Waals surface area contributed by atoms with Crippen molar-refractivity contribution in [2.45, 2.75) is 224 Å². The summed E-state index contributed by atoms with van der Waals surface area (Å²) in [5.41, 5.74) is -3.78. The van der Waals surface area contributed by atoms with E-state index in [0.29, 0.717) is 37.7 Å². The number of fused-ring (bicyclic) bond motifs is 7. The van der Waals surface area contributed by atoms with Gasteiger partial charge in [-0.3, -0.25) is 4.79 Å². The summed E-state index contributed by atoms with van der Waals surface area (Å²) in [6.45, 7) is 14.3. The van der Waals surface area contributed by atoms with E-state index in [2.05, 4.69) is 26.8 Å². The van der Waals surface area contributed by atoms with Crippen molar-refractivity contribution < 1.29 is 119 Å². The summed E-state index contributed by atoms with van der Waals surface area (Å²) in [4.78, 5) is 39.0. The summed E-state index contributed by atoms with van der Waals surface area (Å²) in [6.07, 6.45) is -26.8. The van der Waals surface area contributed by atoms with Crippen molar-refractivity contribution in [3.8, 4) is 0 Å². The van der Waals surface area contributed by atoms with E-state index < -0.39 is 193 Å². The average molecular weight is 1130 g/mol. The monoisotopic (exact) mass is 1130 g/mol. The number of hydrogen-bond donors (Lipinski definition) is 13. The zero-order chi connectivity index (χ0) is 58.4. The van der Waals surface area contributed by atoms with Crippen molar-refractivity contribution in [1.82, 2.24) is 0 Å². The number of carbonyl (C=O) groups is 3. The fourth-order valence-electron chi connectivity index (χ4n) is 16.1. The topological polar surface area (TPSA) is 388 Å². The number of carbonyl (C=O) groups excluding carboxylic acids is 2. The molecule has 0 radical (unpaired) electrons. The molecule has 7 fully saturated rings. The Morgan fingerprint density at radius 2 is 1.28 bits per heavy atom. The van der Waals surface area contributed by atoms with Crippen LogP contribution >= 0.6 is 0 Å². The Morgan fingerprint density at radius 3 is 1.81 bits per heavy atom. The molecule has 450 valence electrons. The maximum Gasteiger partial charge on any atom is 0.335 e. The molecule has 3 saturated heterocycles. The fourth-order valence-corrected chi connectivity index (χ4v) is 16.1. The van der Waals surface area contributed by atoms with Gasteiger partial charge in [0.15, 0.2) is 25.0 Å². The largest absolute Gasteiger partial charge is 0.479 e. The van der Waals surface area contributed by atoms with Gasteiger partial charge in [0.2, 0.25) is 0 Å². The van der Waals surface area contributed by atoms with Gasteiger partial charge < -0.3 is 104 Å². The lowest BCUT2D eigenvalue weighted by molar-refractivity contribution is -0.392. The van der Waals surface area contributed by atoms with E-state index in [9.17, 15) is 80.8 Å². The molecule has 0 aromatic carbocycles. The van der Waals surface area contributed by atoms with Gasteiger partial charge in [-0.25, -0.2) is 9.59 Å². The highest BCUT2D eigenvalue weighted by molar-refractivity contribution is 5.87. The van der Waals surface area contributed by atoms with Crippen LogP contribution in [-0.4, -0.2) is 227 Å². The van der Waals surface area contributed by atoms with Crippen LogP contribution in [0, 0.1) is 50.2 Å². The second-order valence-electron chi connectivity index (χ2n) is 25.6. The van der Waals surface area contributed by atoms with Crippen LogP contribution in [0.5, 0.6) is 0 Å². The minimum absolute atomic E-state index is 0.0849. The molecule has 13 N–H and O–H groups in total. The van der Waals surface area contributed by atoms with E-state index in [1.807, 2.05) is 20.8 Å². The number of aliphatic hydroxyl groups is 12. The van der Waals surface area contributed by atoms with E-state index in [1.54, 1.807) is 19.9 Å². The number of aliphatic hydroxyl groups excluding tert-OH is 12. The van der Waals surface area contributed by atoms with Gasteiger partial charge in [-0.1, -0.05) is 59.3 Å². The number of esters is 2. The Labute approximate surface area is 459 Å². The molecule has 79 heavy (non-hydrogen) atoms. The third kappa shape index (κ3) is 10.0. The maximum atomic E-state index is 13.3. The molecule has 5 aliphatic carbocycles. The quantitative estimate of drug-likeness (QED) is 0.0415. The van der Waals surface area contributed by atoms with Crippen molar-refractivity contribution in [3.63, 3.8) is 0 Å². The number of carboxylic acid groups (broad SMARTS) is 1. The zero-order valence-corrected chi connectivity index (χ0v) is 46.4. The molecule has 0 amide bonds. The van der Waals surface area contributed by atoms with Crippen LogP contribution in [0.25, 0.3) is 0 Å². The number of carboxylic acids is 1. The van der Waals surface area contributed by atoms with E-state index in [1.165, 1.54) is 6.92 Å². The number of rotatable bonds is 14. The minimum atomic E-state index is -2.18. The molecule has 24 heteroatoms. The molecule has 0 bridgehead atoms. The van der Waals surface area contributed by atoms with Crippen LogP contribution in [0.3, 0.4) is 0 Å². The van der Waals surface area contributed by atoms with E-state index in [-0.39, 0.29) is 31.3 Å². The molecule has 8 rings (SSSR count). The Hall–Kier alpha value is -2.83. The third-order valence-corrected chi connectivity index (χ3v) is 21.0. The Bertz CT molecular complexity index is 2290. The van der Waals surface area contributed by atoms with Crippen molar-refractivity contribution in [3.05, 3.63) is 23.3 Å². The molecule has 5 unspecified atom stereocenters. The molecular formula is C55H86O24. The normalized spacial score (nSPS) is 50.6. The zero-order valence-electron chi connectivity index (χ0n) is 46.4. The summed E-state index contributed by atoms with van der Waals surface area (Å²) in [5, 5.41) is 144. The highest BCUT2D eigenvalue weighted by Crippen LogP contribution is 2.76. The highest BCUT2D eigenvalue weighted by Gasteiger charge is 2.74. The molecule has 4 saturated carbocycles. The first kappa shape index (κ1) is 62.2. The SMILES string of the molecule is C/C=C(\C)C(=O)O[C@H]1[C@@H](O)[C@@]2(COC(C)=O)C(CC1(C)C)C1=CCC3C4(C)CC[C@H](O[C@@H]5O[C@H](C(=O)O)[C@@H](O[C@H]6O[C@H](CO)[C@@H](O)[C@H](O)[C@H]6O)[C@H](O)[C@H]5O[C@H]5O[C@H](CO)[C@@H](O)[C@H](O)[C@H]5O)[C@](C)(CO)C4CCC3(C)[C@@]1(C)C[C@@H]2O. The maximum absolute atomic E-state index is 13.3. The summed E-state index contributed by atoms with van der Waals surface area (Å²) >= 11 is 0. The van der Waals surface area contributed by atoms with Crippen LogP contribution in [0.4, 0.5) is 0 Å². The predicted molar refractivity (Wildman–Crippen MR) is 269 cm³/mol. The lowest BCUT2D eigenvalue weighted by Crippen LogP contribution is -2.72. The van der Waals surface area contributed by atoms with Gasteiger partial charge in [0.25, 0.3) is 0 Å². The Balaban J connectivity index is 1.11. The highest BCUT2D eigenvalue weighted by atomic mass is 16.8. The number of ether oxygens (including phenoxy) is 8. The first-order valence-electron chi connectivity index (χ1n) is 27.7. The second-order valence-corrected chi connectivity index (χ2v) is 25.6. The van der Waals surface area contributed by atoms with Gasteiger partial charge in [-0.2, -0.15) is 0 Å². The molecule has 0 aromatic heterocycles. The molecule has 24 nitrogen and oxygen atoms in total. The van der Waals surface area contributed by atoms with Gasteiger partial charge in [-0.15, -0.1) is 0 Å². The molecule has 27 atom stereocenters. The van der Waals surface area contributed by atoms with Crippen molar-refractivity contribution in [2.75, 3.05) is 26.4 Å². The van der Waals surface area contributed by atoms with Crippen LogP contribution in [0.15, 0.2) is 23.3 Å². The third-order valence-electron chi connectivity index (χ3n) is 21.0. The number of hydrogen-bond acceptors (Lipinski definition) is 23. The predicted octanol–water partition coefficient (Wildman–Crippen LogP) is -1.32. The van der Waals surface area contributed by atoms with Crippen LogP contribution < -0.4 is 0 Å². The summed E-state index contributed by atoms with van der Waals surface area (Å²) in [7, 11) is 0. The second kappa shape index (κ2) is 22.6.